The highest BCUT2D eigenvalue weighted by Gasteiger charge is 2.30. The molecule has 8 heteroatoms. The summed E-state index contributed by atoms with van der Waals surface area (Å²) >= 11 is 0. The van der Waals surface area contributed by atoms with Crippen molar-refractivity contribution in [2.24, 2.45) is 0 Å². The van der Waals surface area contributed by atoms with Crippen molar-refractivity contribution in [1.29, 1.82) is 0 Å². The molecule has 0 aliphatic carbocycles. The van der Waals surface area contributed by atoms with E-state index in [1.807, 2.05) is 0 Å². The van der Waals surface area contributed by atoms with Crippen LogP contribution in [0.15, 0.2) is 64.2 Å². The number of hydrogen-bond donors (Lipinski definition) is 1. The zero-order chi connectivity index (χ0) is 19.6. The second-order valence-electron chi connectivity index (χ2n) is 5.89. The van der Waals surface area contributed by atoms with Gasteiger partial charge in [0.15, 0.2) is 0 Å². The Kier molecular flexibility index (Phi) is 4.89. The molecule has 140 valence electrons. The number of aryl methyl sites for hydroxylation is 1. The second-order valence-corrected chi connectivity index (χ2v) is 5.89. The summed E-state index contributed by atoms with van der Waals surface area (Å²) in [4.78, 5) is 25.1. The van der Waals surface area contributed by atoms with Crippen LogP contribution in [0.1, 0.15) is 27.2 Å². The lowest BCUT2D eigenvalue weighted by Gasteiger charge is -2.14. The molecule has 0 aliphatic heterocycles. The SMILES string of the molecule is Cc1ccc(C(=O)NCc2ccoc2)c(=O)n1-c1cccc(C(F)(F)F)c1. The predicted molar refractivity (Wildman–Crippen MR) is 91.7 cm³/mol. The molecular formula is C19H15F3N2O3. The molecule has 2 aromatic heterocycles. The Bertz CT molecular complexity index is 1020. The number of hydrogen-bond acceptors (Lipinski definition) is 3. The van der Waals surface area contributed by atoms with Crippen molar-refractivity contribution in [2.75, 3.05) is 0 Å². The molecule has 2 heterocycles. The molecule has 0 atom stereocenters. The average Bonchev–Trinajstić information content (AvgIpc) is 3.13. The van der Waals surface area contributed by atoms with Crippen LogP contribution in [0, 0.1) is 6.92 Å². The standard InChI is InChI=1S/C19H15F3N2O3/c1-12-5-6-16(17(25)23-10-13-7-8-27-11-13)18(26)24(12)15-4-2-3-14(9-15)19(20,21)22/h2-9,11H,10H2,1H3,(H,23,25). The van der Waals surface area contributed by atoms with Crippen LogP contribution in [-0.2, 0) is 12.7 Å². The molecule has 3 aromatic rings. The first-order valence-electron chi connectivity index (χ1n) is 7.97. The minimum atomic E-state index is -4.53. The van der Waals surface area contributed by atoms with Crippen LogP contribution in [0.2, 0.25) is 0 Å². The summed E-state index contributed by atoms with van der Waals surface area (Å²) in [6, 6.07) is 8.93. The van der Waals surface area contributed by atoms with Gasteiger partial charge in [0.2, 0.25) is 0 Å². The van der Waals surface area contributed by atoms with Crippen LogP contribution in [0.4, 0.5) is 13.2 Å². The minimum absolute atomic E-state index is 0.0387. The highest BCUT2D eigenvalue weighted by atomic mass is 19.4. The maximum absolute atomic E-state index is 13.0. The van der Waals surface area contributed by atoms with Gasteiger partial charge in [0.25, 0.3) is 11.5 Å². The van der Waals surface area contributed by atoms with E-state index in [9.17, 15) is 22.8 Å². The van der Waals surface area contributed by atoms with Crippen LogP contribution in [0.5, 0.6) is 0 Å². The number of amides is 1. The zero-order valence-corrected chi connectivity index (χ0v) is 14.2. The summed E-state index contributed by atoms with van der Waals surface area (Å²) in [5.74, 6) is -0.623. The van der Waals surface area contributed by atoms with Crippen LogP contribution in [0.25, 0.3) is 5.69 Å². The van der Waals surface area contributed by atoms with Gasteiger partial charge in [-0.15, -0.1) is 0 Å². The van der Waals surface area contributed by atoms with Gasteiger partial charge < -0.3 is 9.73 Å². The van der Waals surface area contributed by atoms with Crippen molar-refractivity contribution < 1.29 is 22.4 Å². The summed E-state index contributed by atoms with van der Waals surface area (Å²) in [5.41, 5.74) is -0.571. The Morgan fingerprint density at radius 3 is 2.63 bits per heavy atom. The lowest BCUT2D eigenvalue weighted by molar-refractivity contribution is -0.137. The van der Waals surface area contributed by atoms with Crippen molar-refractivity contribution in [1.82, 2.24) is 9.88 Å². The second kappa shape index (κ2) is 7.14. The van der Waals surface area contributed by atoms with Crippen molar-refractivity contribution >= 4 is 5.91 Å². The Labute approximate surface area is 152 Å². The first-order chi connectivity index (χ1) is 12.8. The van der Waals surface area contributed by atoms with Gasteiger partial charge in [-0.2, -0.15) is 13.2 Å². The molecule has 0 radical (unpaired) electrons. The summed E-state index contributed by atoms with van der Waals surface area (Å²) < 4.78 is 44.9. The number of alkyl halides is 3. The van der Waals surface area contributed by atoms with Gasteiger partial charge >= 0.3 is 6.18 Å². The Hall–Kier alpha value is -3.29. The fourth-order valence-electron chi connectivity index (χ4n) is 2.62. The number of furan rings is 1. The molecule has 1 N–H and O–H groups in total. The molecule has 1 aromatic carbocycles. The molecule has 0 bridgehead atoms. The van der Waals surface area contributed by atoms with Gasteiger partial charge in [-0.05, 0) is 43.3 Å². The predicted octanol–water partition coefficient (Wildman–Crippen LogP) is 3.69. The van der Waals surface area contributed by atoms with Crippen molar-refractivity contribution in [3.8, 4) is 5.69 Å². The van der Waals surface area contributed by atoms with Crippen LogP contribution < -0.4 is 10.9 Å². The number of halogens is 3. The average molecular weight is 376 g/mol. The molecule has 0 fully saturated rings. The van der Waals surface area contributed by atoms with E-state index in [1.165, 1.54) is 36.8 Å². The van der Waals surface area contributed by atoms with E-state index in [-0.39, 0.29) is 17.8 Å². The first kappa shape index (κ1) is 18.5. The molecule has 27 heavy (non-hydrogen) atoms. The van der Waals surface area contributed by atoms with Crippen LogP contribution in [-0.4, -0.2) is 10.5 Å². The quantitative estimate of drug-likeness (QED) is 0.755. The molecule has 0 saturated carbocycles. The van der Waals surface area contributed by atoms with Gasteiger partial charge in [-0.3, -0.25) is 14.2 Å². The van der Waals surface area contributed by atoms with Gasteiger partial charge in [0.1, 0.15) is 5.56 Å². The van der Waals surface area contributed by atoms with Gasteiger partial charge in [0, 0.05) is 23.5 Å². The fourth-order valence-corrected chi connectivity index (χ4v) is 2.62. The molecule has 3 rings (SSSR count). The molecule has 0 unspecified atom stereocenters. The number of pyridine rings is 1. The third-order valence-corrected chi connectivity index (χ3v) is 3.99. The molecular weight excluding hydrogens is 361 g/mol. The van der Waals surface area contributed by atoms with Crippen molar-refractivity contribution in [2.45, 2.75) is 19.6 Å². The normalized spacial score (nSPS) is 11.4. The number of benzene rings is 1. The third kappa shape index (κ3) is 3.94. The van der Waals surface area contributed by atoms with Gasteiger partial charge in [0.05, 0.1) is 18.1 Å². The summed E-state index contributed by atoms with van der Waals surface area (Å²) in [6.45, 7) is 1.74. The number of nitrogens with zero attached hydrogens (tertiary/aromatic N) is 1. The summed E-state index contributed by atoms with van der Waals surface area (Å²) in [5, 5.41) is 2.58. The monoisotopic (exact) mass is 376 g/mol. The molecule has 0 aliphatic rings. The van der Waals surface area contributed by atoms with Gasteiger partial charge in [-0.25, -0.2) is 0 Å². The summed E-state index contributed by atoms with van der Waals surface area (Å²) in [6.07, 6.45) is -1.63. The third-order valence-electron chi connectivity index (χ3n) is 3.99. The molecule has 0 saturated heterocycles. The Morgan fingerprint density at radius 2 is 1.96 bits per heavy atom. The lowest BCUT2D eigenvalue weighted by Crippen LogP contribution is -2.33. The molecule has 1 amide bonds. The largest absolute Gasteiger partial charge is 0.472 e. The van der Waals surface area contributed by atoms with E-state index in [2.05, 4.69) is 5.32 Å². The van der Waals surface area contributed by atoms with Crippen LogP contribution >= 0.6 is 0 Å². The highest BCUT2D eigenvalue weighted by Crippen LogP contribution is 2.30. The number of aromatic nitrogens is 1. The van der Waals surface area contributed by atoms with E-state index in [4.69, 9.17) is 4.42 Å². The first-order valence-corrected chi connectivity index (χ1v) is 7.97. The maximum Gasteiger partial charge on any atom is 0.416 e. The molecule has 0 spiro atoms. The number of nitrogens with one attached hydrogen (secondary N) is 1. The topological polar surface area (TPSA) is 64.2 Å². The van der Waals surface area contributed by atoms with Gasteiger partial charge in [-0.1, -0.05) is 6.07 Å². The lowest BCUT2D eigenvalue weighted by atomic mass is 10.1. The van der Waals surface area contributed by atoms with Crippen LogP contribution in [0.3, 0.4) is 0 Å². The minimum Gasteiger partial charge on any atom is -0.472 e. The van der Waals surface area contributed by atoms with E-state index >= 15 is 0 Å². The zero-order valence-electron chi connectivity index (χ0n) is 14.2. The number of carbonyl (C=O) groups excluding carboxylic acids is 1. The number of carbonyl (C=O) groups is 1. The smallest absolute Gasteiger partial charge is 0.416 e. The van der Waals surface area contributed by atoms with Crippen molar-refractivity contribution in [3.63, 3.8) is 0 Å². The Balaban J connectivity index is 1.97. The maximum atomic E-state index is 13.0. The Morgan fingerprint density at radius 1 is 1.19 bits per heavy atom. The van der Waals surface area contributed by atoms with E-state index in [0.717, 1.165) is 16.7 Å². The van der Waals surface area contributed by atoms with E-state index < -0.39 is 23.2 Å². The number of rotatable bonds is 4. The molecule has 5 nitrogen and oxygen atoms in total. The highest BCUT2D eigenvalue weighted by molar-refractivity contribution is 5.93. The van der Waals surface area contributed by atoms with E-state index in [0.29, 0.717) is 11.3 Å². The van der Waals surface area contributed by atoms with Crippen molar-refractivity contribution in [3.05, 3.63) is 87.7 Å². The fraction of sp³-hybridized carbons (Fsp3) is 0.158. The van der Waals surface area contributed by atoms with E-state index in [1.54, 1.807) is 13.0 Å². The summed E-state index contributed by atoms with van der Waals surface area (Å²) in [7, 11) is 0.